The van der Waals surface area contributed by atoms with Crippen LogP contribution < -0.4 is 10.6 Å². The topological polar surface area (TPSA) is 67.1 Å². The summed E-state index contributed by atoms with van der Waals surface area (Å²) in [7, 11) is 1.81. The number of thioether (sulfide) groups is 1. The third kappa shape index (κ3) is 4.08. The molecule has 7 heteroatoms. The molecule has 1 fully saturated rings. The molecule has 0 bridgehead atoms. The Morgan fingerprint density at radius 1 is 1.42 bits per heavy atom. The van der Waals surface area contributed by atoms with Gasteiger partial charge < -0.3 is 10.6 Å². The summed E-state index contributed by atoms with van der Waals surface area (Å²) in [5.74, 6) is 2.97. The molecule has 24 heavy (non-hydrogen) atoms. The van der Waals surface area contributed by atoms with E-state index in [0.29, 0.717) is 11.3 Å². The summed E-state index contributed by atoms with van der Waals surface area (Å²) >= 11 is 2.05. The largest absolute Gasteiger partial charge is 0.355 e. The Hall–Kier alpha value is -2.02. The molecule has 2 N–H and O–H groups in total. The first kappa shape index (κ1) is 16.8. The van der Waals surface area contributed by atoms with Gasteiger partial charge in [-0.2, -0.15) is 11.8 Å². The van der Waals surface area contributed by atoms with Crippen LogP contribution in [0, 0.1) is 0 Å². The number of aliphatic imine (C=N–C) groups is 1. The van der Waals surface area contributed by atoms with Gasteiger partial charge in [0.1, 0.15) is 12.1 Å². The van der Waals surface area contributed by atoms with Crippen LogP contribution in [-0.4, -0.2) is 44.6 Å². The van der Waals surface area contributed by atoms with Crippen LogP contribution in [0.4, 0.5) is 0 Å². The van der Waals surface area contributed by atoms with E-state index in [1.165, 1.54) is 18.6 Å². The van der Waals surface area contributed by atoms with Crippen molar-refractivity contribution >= 4 is 17.7 Å². The number of nitrogens with one attached hydrogen (secondary N) is 2. The van der Waals surface area contributed by atoms with Crippen LogP contribution in [0.1, 0.15) is 25.3 Å². The second-order valence-electron chi connectivity index (χ2n) is 6.14. The zero-order valence-corrected chi connectivity index (χ0v) is 15.0. The predicted octanol–water partition coefficient (Wildman–Crippen LogP) is 2.22. The molecule has 0 radical (unpaired) electrons. The first-order chi connectivity index (χ1) is 11.7. The van der Waals surface area contributed by atoms with Crippen molar-refractivity contribution < 1.29 is 0 Å². The van der Waals surface area contributed by atoms with E-state index in [1.54, 1.807) is 25.8 Å². The molecule has 2 aromatic rings. The first-order valence-corrected chi connectivity index (χ1v) is 9.19. The van der Waals surface area contributed by atoms with Crippen LogP contribution in [0.15, 0.2) is 42.0 Å². The lowest BCUT2D eigenvalue weighted by Gasteiger charge is -2.24. The van der Waals surface area contributed by atoms with E-state index in [1.807, 2.05) is 28.6 Å². The molecular formula is C17H24N6S. The molecule has 0 aliphatic carbocycles. The normalized spacial score (nSPS) is 21.0. The van der Waals surface area contributed by atoms with Gasteiger partial charge in [0, 0.05) is 49.0 Å². The van der Waals surface area contributed by atoms with Gasteiger partial charge in [-0.1, -0.05) is 6.07 Å². The Balaban J connectivity index is 1.60. The SMILES string of the molecule is CN=C(NCc1cccnc1-n1ccnc1)NCC1(C)CCCS1. The molecule has 128 valence electrons. The maximum Gasteiger partial charge on any atom is 0.191 e. The number of nitrogens with zero attached hydrogens (tertiary/aromatic N) is 4. The van der Waals surface area contributed by atoms with Crippen molar-refractivity contribution in [3.05, 3.63) is 42.6 Å². The van der Waals surface area contributed by atoms with Crippen molar-refractivity contribution in [1.82, 2.24) is 25.2 Å². The highest BCUT2D eigenvalue weighted by Gasteiger charge is 2.29. The molecule has 6 nitrogen and oxygen atoms in total. The number of hydrogen-bond acceptors (Lipinski definition) is 4. The molecule has 1 unspecified atom stereocenters. The van der Waals surface area contributed by atoms with Gasteiger partial charge in [-0.05, 0) is 31.6 Å². The van der Waals surface area contributed by atoms with E-state index < -0.39 is 0 Å². The molecular weight excluding hydrogens is 320 g/mol. The lowest BCUT2D eigenvalue weighted by molar-refractivity contribution is 0.584. The Morgan fingerprint density at radius 2 is 2.33 bits per heavy atom. The van der Waals surface area contributed by atoms with Gasteiger partial charge in [0.15, 0.2) is 5.96 Å². The van der Waals surface area contributed by atoms with Gasteiger partial charge in [0.25, 0.3) is 0 Å². The van der Waals surface area contributed by atoms with Crippen molar-refractivity contribution in [2.75, 3.05) is 19.3 Å². The fourth-order valence-corrected chi connectivity index (χ4v) is 4.08. The van der Waals surface area contributed by atoms with E-state index in [9.17, 15) is 0 Å². The van der Waals surface area contributed by atoms with Crippen LogP contribution in [0.2, 0.25) is 0 Å². The molecule has 1 aliphatic rings. The molecule has 1 saturated heterocycles. The monoisotopic (exact) mass is 344 g/mol. The summed E-state index contributed by atoms with van der Waals surface area (Å²) in [5.41, 5.74) is 1.10. The highest BCUT2D eigenvalue weighted by atomic mass is 32.2. The molecule has 0 spiro atoms. The molecule has 2 aromatic heterocycles. The Kier molecular flexibility index (Phi) is 5.40. The summed E-state index contributed by atoms with van der Waals surface area (Å²) in [6.07, 6.45) is 9.78. The van der Waals surface area contributed by atoms with E-state index in [2.05, 4.69) is 38.6 Å². The smallest absolute Gasteiger partial charge is 0.191 e. The summed E-state index contributed by atoms with van der Waals surface area (Å²) in [5, 5.41) is 6.84. The minimum absolute atomic E-state index is 0.313. The number of hydrogen-bond donors (Lipinski definition) is 2. The van der Waals surface area contributed by atoms with Crippen LogP contribution >= 0.6 is 11.8 Å². The highest BCUT2D eigenvalue weighted by Crippen LogP contribution is 2.36. The zero-order valence-electron chi connectivity index (χ0n) is 14.2. The van der Waals surface area contributed by atoms with E-state index >= 15 is 0 Å². The van der Waals surface area contributed by atoms with Gasteiger partial charge in [-0.25, -0.2) is 9.97 Å². The summed E-state index contributed by atoms with van der Waals surface area (Å²) in [4.78, 5) is 12.9. The van der Waals surface area contributed by atoms with Gasteiger partial charge in [0.05, 0.1) is 0 Å². The molecule has 1 atom stereocenters. The van der Waals surface area contributed by atoms with Gasteiger partial charge in [-0.15, -0.1) is 0 Å². The first-order valence-electron chi connectivity index (χ1n) is 8.21. The second-order valence-corrected chi connectivity index (χ2v) is 7.82. The third-order valence-electron chi connectivity index (χ3n) is 4.22. The standard InChI is InChI=1S/C17H24N6S/c1-17(6-4-10-24-17)12-22-16(18-2)21-11-14-5-3-7-20-15(14)23-9-8-19-13-23/h3,5,7-9,13H,4,6,10-12H2,1-2H3,(H2,18,21,22). The van der Waals surface area contributed by atoms with E-state index in [0.717, 1.165) is 23.9 Å². The Bertz CT molecular complexity index is 676. The predicted molar refractivity (Wildman–Crippen MR) is 99.7 cm³/mol. The molecule has 3 rings (SSSR count). The molecule has 0 saturated carbocycles. The lowest BCUT2D eigenvalue weighted by Crippen LogP contribution is -2.43. The van der Waals surface area contributed by atoms with Crippen LogP contribution in [-0.2, 0) is 6.54 Å². The molecule has 0 amide bonds. The minimum Gasteiger partial charge on any atom is -0.355 e. The van der Waals surface area contributed by atoms with E-state index in [-0.39, 0.29) is 0 Å². The average Bonchev–Trinajstić information content (AvgIpc) is 3.27. The fraction of sp³-hybridized carbons (Fsp3) is 0.471. The van der Waals surface area contributed by atoms with Crippen LogP contribution in [0.5, 0.6) is 0 Å². The second kappa shape index (κ2) is 7.70. The maximum atomic E-state index is 4.46. The van der Waals surface area contributed by atoms with Crippen molar-refractivity contribution in [3.63, 3.8) is 0 Å². The van der Waals surface area contributed by atoms with Crippen molar-refractivity contribution in [2.45, 2.75) is 31.1 Å². The highest BCUT2D eigenvalue weighted by molar-refractivity contribution is 8.00. The van der Waals surface area contributed by atoms with Gasteiger partial charge in [0.2, 0.25) is 0 Å². The van der Waals surface area contributed by atoms with Crippen LogP contribution in [0.25, 0.3) is 5.82 Å². The number of rotatable bonds is 5. The summed E-state index contributed by atoms with van der Waals surface area (Å²) in [6, 6.07) is 4.01. The zero-order chi connectivity index (χ0) is 16.8. The van der Waals surface area contributed by atoms with Crippen molar-refractivity contribution in [1.29, 1.82) is 0 Å². The maximum absolute atomic E-state index is 4.46. The number of guanidine groups is 1. The number of aromatic nitrogens is 3. The third-order valence-corrected chi connectivity index (χ3v) is 5.75. The Morgan fingerprint density at radius 3 is 3.04 bits per heavy atom. The molecule has 3 heterocycles. The average molecular weight is 344 g/mol. The summed E-state index contributed by atoms with van der Waals surface area (Å²) < 4.78 is 2.23. The number of pyridine rings is 1. The van der Waals surface area contributed by atoms with Gasteiger partial charge in [-0.3, -0.25) is 9.56 Å². The van der Waals surface area contributed by atoms with Crippen molar-refractivity contribution in [2.24, 2.45) is 4.99 Å². The molecule has 1 aliphatic heterocycles. The number of imidazole rings is 1. The quantitative estimate of drug-likeness (QED) is 0.643. The minimum atomic E-state index is 0.313. The Labute approximate surface area is 147 Å². The summed E-state index contributed by atoms with van der Waals surface area (Å²) in [6.45, 7) is 3.91. The van der Waals surface area contributed by atoms with Crippen LogP contribution in [0.3, 0.4) is 0 Å². The molecule has 0 aromatic carbocycles. The van der Waals surface area contributed by atoms with Gasteiger partial charge >= 0.3 is 0 Å². The fourth-order valence-electron chi connectivity index (χ4n) is 2.83. The van der Waals surface area contributed by atoms with Crippen molar-refractivity contribution in [3.8, 4) is 5.82 Å². The lowest BCUT2D eigenvalue weighted by atomic mass is 10.1. The van der Waals surface area contributed by atoms with E-state index in [4.69, 9.17) is 0 Å².